The Morgan fingerprint density at radius 1 is 1.47 bits per heavy atom. The Hall–Kier alpha value is -0.840. The fourth-order valence-electron chi connectivity index (χ4n) is 1.50. The van der Waals surface area contributed by atoms with Gasteiger partial charge < -0.3 is 5.32 Å². The SMILES string of the molecule is CS(=O)(=O)CCC(=O)N[C@@H]1CC=CCC1. The van der Waals surface area contributed by atoms with Crippen molar-refractivity contribution in [3.05, 3.63) is 12.2 Å². The lowest BCUT2D eigenvalue weighted by atomic mass is 10.0. The van der Waals surface area contributed by atoms with Crippen LogP contribution in [0, 0.1) is 0 Å². The van der Waals surface area contributed by atoms with E-state index in [1.807, 2.05) is 6.08 Å². The van der Waals surface area contributed by atoms with Crippen molar-refractivity contribution in [3.63, 3.8) is 0 Å². The Bertz CT molecular complexity index is 346. The Morgan fingerprint density at radius 3 is 2.73 bits per heavy atom. The predicted molar refractivity (Wildman–Crippen MR) is 59.2 cm³/mol. The highest BCUT2D eigenvalue weighted by atomic mass is 32.2. The van der Waals surface area contributed by atoms with Crippen molar-refractivity contribution in [3.8, 4) is 0 Å². The molecule has 1 amide bonds. The Kier molecular flexibility index (Phi) is 4.32. The van der Waals surface area contributed by atoms with Gasteiger partial charge in [-0.3, -0.25) is 4.79 Å². The van der Waals surface area contributed by atoms with Gasteiger partial charge in [0.15, 0.2) is 0 Å². The molecule has 1 rings (SSSR count). The molecule has 0 aliphatic heterocycles. The van der Waals surface area contributed by atoms with Gasteiger partial charge in [-0.25, -0.2) is 8.42 Å². The van der Waals surface area contributed by atoms with Crippen LogP contribution in [0.2, 0.25) is 0 Å². The molecule has 1 N–H and O–H groups in total. The number of sulfone groups is 1. The minimum absolute atomic E-state index is 0.0681. The number of hydrogen-bond donors (Lipinski definition) is 1. The van der Waals surface area contributed by atoms with Crippen LogP contribution in [0.4, 0.5) is 0 Å². The summed E-state index contributed by atoms with van der Waals surface area (Å²) in [5, 5.41) is 2.84. The number of amides is 1. The topological polar surface area (TPSA) is 63.2 Å². The largest absolute Gasteiger partial charge is 0.353 e. The highest BCUT2D eigenvalue weighted by molar-refractivity contribution is 7.90. The average Bonchev–Trinajstić information content (AvgIpc) is 2.15. The number of allylic oxidation sites excluding steroid dienone is 1. The molecule has 1 aliphatic rings. The lowest BCUT2D eigenvalue weighted by molar-refractivity contribution is -0.121. The lowest BCUT2D eigenvalue weighted by Crippen LogP contribution is -2.36. The summed E-state index contributed by atoms with van der Waals surface area (Å²) in [4.78, 5) is 11.4. The van der Waals surface area contributed by atoms with Crippen LogP contribution in [0.15, 0.2) is 12.2 Å². The quantitative estimate of drug-likeness (QED) is 0.722. The van der Waals surface area contributed by atoms with E-state index in [2.05, 4.69) is 11.4 Å². The van der Waals surface area contributed by atoms with E-state index in [9.17, 15) is 13.2 Å². The first-order chi connectivity index (χ1) is 6.97. The minimum Gasteiger partial charge on any atom is -0.353 e. The fraction of sp³-hybridized carbons (Fsp3) is 0.700. The summed E-state index contributed by atoms with van der Waals surface area (Å²) in [5.74, 6) is -0.234. The van der Waals surface area contributed by atoms with E-state index in [0.717, 1.165) is 25.5 Å². The van der Waals surface area contributed by atoms with Gasteiger partial charge in [0.25, 0.3) is 0 Å². The van der Waals surface area contributed by atoms with Crippen molar-refractivity contribution in [2.24, 2.45) is 0 Å². The van der Waals surface area contributed by atoms with E-state index in [0.29, 0.717) is 0 Å². The van der Waals surface area contributed by atoms with Crippen LogP contribution in [0.5, 0.6) is 0 Å². The van der Waals surface area contributed by atoms with Crippen molar-refractivity contribution in [1.82, 2.24) is 5.32 Å². The molecule has 0 unspecified atom stereocenters. The zero-order chi connectivity index (χ0) is 11.3. The molecular weight excluding hydrogens is 214 g/mol. The molecule has 4 nitrogen and oxygen atoms in total. The Morgan fingerprint density at radius 2 is 2.20 bits per heavy atom. The van der Waals surface area contributed by atoms with Gasteiger partial charge in [-0.2, -0.15) is 0 Å². The van der Waals surface area contributed by atoms with Crippen LogP contribution in [0.1, 0.15) is 25.7 Å². The molecule has 0 aromatic heterocycles. The first-order valence-corrected chi connectivity index (χ1v) is 7.15. The van der Waals surface area contributed by atoms with Crippen LogP contribution in [-0.2, 0) is 14.6 Å². The van der Waals surface area contributed by atoms with Crippen LogP contribution in [0.25, 0.3) is 0 Å². The van der Waals surface area contributed by atoms with E-state index in [1.54, 1.807) is 0 Å². The van der Waals surface area contributed by atoms with E-state index in [-0.39, 0.29) is 24.1 Å². The minimum atomic E-state index is -3.03. The van der Waals surface area contributed by atoms with Crippen LogP contribution in [0.3, 0.4) is 0 Å². The lowest BCUT2D eigenvalue weighted by Gasteiger charge is -2.19. The number of nitrogens with one attached hydrogen (secondary N) is 1. The molecule has 5 heteroatoms. The second kappa shape index (κ2) is 5.30. The molecule has 0 aromatic carbocycles. The smallest absolute Gasteiger partial charge is 0.221 e. The predicted octanol–water partition coefficient (Wildman–Crippen LogP) is 0.646. The molecule has 15 heavy (non-hydrogen) atoms. The number of rotatable bonds is 4. The summed E-state index contributed by atoms with van der Waals surface area (Å²) in [5.41, 5.74) is 0. The first kappa shape index (κ1) is 12.2. The summed E-state index contributed by atoms with van der Waals surface area (Å²) in [6.45, 7) is 0. The molecule has 0 saturated carbocycles. The molecule has 0 radical (unpaired) electrons. The van der Waals surface area contributed by atoms with E-state index in [4.69, 9.17) is 0 Å². The normalized spacial score (nSPS) is 21.3. The zero-order valence-electron chi connectivity index (χ0n) is 8.90. The van der Waals surface area contributed by atoms with Crippen molar-refractivity contribution < 1.29 is 13.2 Å². The maximum Gasteiger partial charge on any atom is 0.221 e. The maximum absolute atomic E-state index is 11.4. The number of carbonyl (C=O) groups excluding carboxylic acids is 1. The summed E-state index contributed by atoms with van der Waals surface area (Å²) in [7, 11) is -3.03. The second-order valence-corrected chi connectivity index (χ2v) is 6.19. The van der Waals surface area contributed by atoms with Crippen LogP contribution < -0.4 is 5.32 Å². The third-order valence-corrected chi connectivity index (χ3v) is 3.28. The van der Waals surface area contributed by atoms with Gasteiger partial charge in [-0.05, 0) is 19.3 Å². The van der Waals surface area contributed by atoms with Gasteiger partial charge in [0.05, 0.1) is 5.75 Å². The summed E-state index contributed by atoms with van der Waals surface area (Å²) >= 11 is 0. The van der Waals surface area contributed by atoms with Crippen molar-refractivity contribution in [2.75, 3.05) is 12.0 Å². The summed E-state index contributed by atoms with van der Waals surface area (Å²) in [6.07, 6.45) is 8.13. The molecule has 1 atom stereocenters. The van der Waals surface area contributed by atoms with Gasteiger partial charge in [0.1, 0.15) is 9.84 Å². The van der Waals surface area contributed by atoms with E-state index in [1.165, 1.54) is 0 Å². The molecule has 0 heterocycles. The van der Waals surface area contributed by atoms with E-state index >= 15 is 0 Å². The van der Waals surface area contributed by atoms with E-state index < -0.39 is 9.84 Å². The molecular formula is C10H17NO3S. The molecule has 1 aliphatic carbocycles. The fourth-order valence-corrected chi connectivity index (χ4v) is 2.06. The third-order valence-electron chi connectivity index (χ3n) is 2.33. The van der Waals surface area contributed by atoms with Gasteiger partial charge in [-0.1, -0.05) is 12.2 Å². The molecule has 0 fully saturated rings. The molecule has 0 saturated heterocycles. The Balaban J connectivity index is 2.27. The monoisotopic (exact) mass is 231 g/mol. The molecule has 0 spiro atoms. The Labute approximate surface area is 90.7 Å². The highest BCUT2D eigenvalue weighted by Gasteiger charge is 2.14. The van der Waals surface area contributed by atoms with Gasteiger partial charge in [-0.15, -0.1) is 0 Å². The first-order valence-electron chi connectivity index (χ1n) is 5.09. The van der Waals surface area contributed by atoms with Crippen molar-refractivity contribution in [2.45, 2.75) is 31.7 Å². The third kappa shape index (κ3) is 5.57. The zero-order valence-corrected chi connectivity index (χ0v) is 9.72. The number of carbonyl (C=O) groups is 1. The second-order valence-electron chi connectivity index (χ2n) is 3.93. The number of hydrogen-bond acceptors (Lipinski definition) is 3. The average molecular weight is 231 g/mol. The molecule has 0 aromatic rings. The molecule has 86 valence electrons. The van der Waals surface area contributed by atoms with Crippen LogP contribution >= 0.6 is 0 Å². The van der Waals surface area contributed by atoms with Gasteiger partial charge >= 0.3 is 0 Å². The maximum atomic E-state index is 11.4. The van der Waals surface area contributed by atoms with Crippen molar-refractivity contribution in [1.29, 1.82) is 0 Å². The standard InChI is InChI=1S/C10H17NO3S/c1-15(13,14)8-7-10(12)11-9-5-3-2-4-6-9/h2-3,9H,4-8H2,1H3,(H,11,12)/t9-/m1/s1. The van der Waals surface area contributed by atoms with Crippen molar-refractivity contribution >= 4 is 15.7 Å². The van der Waals surface area contributed by atoms with Gasteiger partial charge in [0.2, 0.25) is 5.91 Å². The summed E-state index contributed by atoms with van der Waals surface area (Å²) in [6, 6.07) is 0.182. The van der Waals surface area contributed by atoms with Crippen LogP contribution in [-0.4, -0.2) is 32.4 Å². The highest BCUT2D eigenvalue weighted by Crippen LogP contribution is 2.10. The van der Waals surface area contributed by atoms with Gasteiger partial charge in [0, 0.05) is 18.7 Å². The summed E-state index contributed by atoms with van der Waals surface area (Å²) < 4.78 is 21.7. The molecule has 0 bridgehead atoms.